The molecule has 8 heteroatoms. The fourth-order valence-corrected chi connectivity index (χ4v) is 2.57. The van der Waals surface area contributed by atoms with E-state index >= 15 is 0 Å². The summed E-state index contributed by atoms with van der Waals surface area (Å²) in [5.74, 6) is -6.42. The second-order valence-corrected chi connectivity index (χ2v) is 5.02. The van der Waals surface area contributed by atoms with E-state index in [0.29, 0.717) is 19.3 Å². The van der Waals surface area contributed by atoms with Crippen LogP contribution in [0.3, 0.4) is 0 Å². The number of halogens is 4. The minimum atomic E-state index is -1.81. The van der Waals surface area contributed by atoms with Gasteiger partial charge in [0.2, 0.25) is 0 Å². The molecule has 1 rings (SSSR count). The van der Waals surface area contributed by atoms with Crippen molar-refractivity contribution in [2.24, 2.45) is 0 Å². The predicted molar refractivity (Wildman–Crippen MR) is 66.6 cm³/mol. The lowest BCUT2D eigenvalue weighted by Gasteiger charge is -2.17. The molecular weight excluding hydrogens is 296 g/mol. The minimum absolute atomic E-state index is 0.00337. The smallest absolute Gasteiger partial charge is 0.261 e. The van der Waals surface area contributed by atoms with Crippen LogP contribution in [0.4, 0.5) is 17.6 Å². The molecule has 0 heterocycles. The van der Waals surface area contributed by atoms with Gasteiger partial charge in [0.1, 0.15) is 0 Å². The molecule has 0 atom stereocenters. The zero-order chi connectivity index (χ0) is 15.1. The van der Waals surface area contributed by atoms with Gasteiger partial charge < -0.3 is 13.9 Å². The van der Waals surface area contributed by atoms with Crippen molar-refractivity contribution >= 4 is 9.76 Å². The molecule has 0 saturated heterocycles. The van der Waals surface area contributed by atoms with Crippen molar-refractivity contribution in [2.75, 3.05) is 13.2 Å². The van der Waals surface area contributed by atoms with Crippen LogP contribution < -0.4 is 0 Å². The van der Waals surface area contributed by atoms with Crippen LogP contribution in [-0.2, 0) is 19.9 Å². The molecule has 0 N–H and O–H groups in total. The van der Waals surface area contributed by atoms with E-state index in [1.165, 1.54) is 0 Å². The van der Waals surface area contributed by atoms with Gasteiger partial charge in [-0.2, -0.15) is 0 Å². The molecule has 0 unspecified atom stereocenters. The molecular formula is C12H16F4O3Si. The van der Waals surface area contributed by atoms with Gasteiger partial charge in [0.15, 0.2) is 33.0 Å². The zero-order valence-corrected chi connectivity index (χ0v) is 12.6. The van der Waals surface area contributed by atoms with Crippen LogP contribution in [0.25, 0.3) is 0 Å². The standard InChI is InChI=1S/C12H16F4O3Si/c1-3-17-12(18-4-2)19-20-6-7-5-8(13)10(15)11(16)9(7)14/h5,12H,3-4,6,20H2,1-2H3. The number of hydrogen-bond donors (Lipinski definition) is 0. The van der Waals surface area contributed by atoms with Gasteiger partial charge in [0.05, 0.1) is 0 Å². The highest BCUT2D eigenvalue weighted by Gasteiger charge is 2.19. The van der Waals surface area contributed by atoms with Gasteiger partial charge in [-0.15, -0.1) is 0 Å². The summed E-state index contributed by atoms with van der Waals surface area (Å²) >= 11 is 0. The van der Waals surface area contributed by atoms with E-state index in [1.807, 2.05) is 0 Å². The summed E-state index contributed by atoms with van der Waals surface area (Å²) in [6.07, 6.45) is 0. The third-order valence-electron chi connectivity index (χ3n) is 2.41. The Hall–Kier alpha value is -0.963. The van der Waals surface area contributed by atoms with Crippen LogP contribution in [-0.4, -0.2) is 29.5 Å². The highest BCUT2D eigenvalue weighted by atomic mass is 28.2. The largest absolute Gasteiger partial charge is 0.378 e. The van der Waals surface area contributed by atoms with E-state index in [4.69, 9.17) is 13.9 Å². The molecule has 0 fully saturated rings. The monoisotopic (exact) mass is 312 g/mol. The Morgan fingerprint density at radius 2 is 1.60 bits per heavy atom. The molecule has 0 saturated carbocycles. The fourth-order valence-electron chi connectivity index (χ4n) is 1.49. The number of hydrogen-bond acceptors (Lipinski definition) is 3. The minimum Gasteiger partial charge on any atom is -0.378 e. The van der Waals surface area contributed by atoms with E-state index in [1.54, 1.807) is 13.8 Å². The molecule has 1 aromatic rings. The second-order valence-electron chi connectivity index (χ2n) is 3.78. The highest BCUT2D eigenvalue weighted by Crippen LogP contribution is 2.19. The Bertz CT molecular complexity index is 439. The molecule has 0 bridgehead atoms. The van der Waals surface area contributed by atoms with Gasteiger partial charge in [-0.05, 0) is 31.5 Å². The Labute approximate surface area is 116 Å². The third-order valence-corrected chi connectivity index (χ3v) is 3.66. The summed E-state index contributed by atoms with van der Waals surface area (Å²) in [7, 11) is -1.39. The van der Waals surface area contributed by atoms with Crippen LogP contribution in [0.5, 0.6) is 0 Å². The first kappa shape index (κ1) is 17.1. The maximum atomic E-state index is 13.4. The normalized spacial score (nSPS) is 11.9. The number of rotatable bonds is 8. The van der Waals surface area contributed by atoms with E-state index in [0.717, 1.165) is 0 Å². The lowest BCUT2D eigenvalue weighted by molar-refractivity contribution is -0.243. The van der Waals surface area contributed by atoms with Crippen molar-refractivity contribution in [3.63, 3.8) is 0 Å². The topological polar surface area (TPSA) is 27.7 Å². The van der Waals surface area contributed by atoms with Crippen LogP contribution in [0.1, 0.15) is 19.4 Å². The molecule has 0 aliphatic carbocycles. The number of benzene rings is 1. The summed E-state index contributed by atoms with van der Waals surface area (Å²) in [5.41, 5.74) is -0.250. The molecule has 0 radical (unpaired) electrons. The van der Waals surface area contributed by atoms with Gasteiger partial charge in [-0.25, -0.2) is 17.6 Å². The van der Waals surface area contributed by atoms with E-state index in [9.17, 15) is 17.6 Å². The van der Waals surface area contributed by atoms with Crippen molar-refractivity contribution in [2.45, 2.75) is 26.4 Å². The quantitative estimate of drug-likeness (QED) is 0.242. The van der Waals surface area contributed by atoms with E-state index in [2.05, 4.69) is 0 Å². The van der Waals surface area contributed by atoms with Gasteiger partial charge >= 0.3 is 0 Å². The van der Waals surface area contributed by atoms with Crippen molar-refractivity contribution in [3.05, 3.63) is 34.9 Å². The van der Waals surface area contributed by atoms with Crippen LogP contribution >= 0.6 is 0 Å². The van der Waals surface area contributed by atoms with Crippen LogP contribution in [0.2, 0.25) is 0 Å². The van der Waals surface area contributed by atoms with E-state index in [-0.39, 0.29) is 11.6 Å². The Kier molecular flexibility index (Phi) is 7.14. The number of ether oxygens (including phenoxy) is 2. The van der Waals surface area contributed by atoms with Crippen molar-refractivity contribution in [3.8, 4) is 0 Å². The first-order valence-electron chi connectivity index (χ1n) is 6.17. The predicted octanol–water partition coefficient (Wildman–Crippen LogP) is 2.20. The Balaban J connectivity index is 2.61. The van der Waals surface area contributed by atoms with Gasteiger partial charge in [0.25, 0.3) is 6.48 Å². The average Bonchev–Trinajstić information content (AvgIpc) is 2.42. The third kappa shape index (κ3) is 4.55. The average molecular weight is 312 g/mol. The zero-order valence-electron chi connectivity index (χ0n) is 11.2. The lowest BCUT2D eigenvalue weighted by atomic mass is 10.2. The van der Waals surface area contributed by atoms with Gasteiger partial charge in [0, 0.05) is 13.2 Å². The highest BCUT2D eigenvalue weighted by molar-refractivity contribution is 6.26. The van der Waals surface area contributed by atoms with E-state index < -0.39 is 39.5 Å². The molecule has 0 amide bonds. The summed E-state index contributed by atoms with van der Waals surface area (Å²) in [6, 6.07) is 0.636. The van der Waals surface area contributed by atoms with Gasteiger partial charge in [-0.1, -0.05) is 0 Å². The first-order chi connectivity index (χ1) is 9.51. The molecule has 0 aliphatic rings. The Morgan fingerprint density at radius 3 is 2.15 bits per heavy atom. The summed E-state index contributed by atoms with van der Waals surface area (Å²) in [6.45, 7) is 3.37. The second kappa shape index (κ2) is 8.35. The maximum absolute atomic E-state index is 13.4. The molecule has 114 valence electrons. The summed E-state index contributed by atoms with van der Waals surface area (Å²) in [4.78, 5) is 0. The van der Waals surface area contributed by atoms with Crippen molar-refractivity contribution < 1.29 is 31.5 Å². The first-order valence-corrected chi connectivity index (χ1v) is 7.75. The molecule has 0 aromatic heterocycles. The fraction of sp³-hybridized carbons (Fsp3) is 0.500. The lowest BCUT2D eigenvalue weighted by Crippen LogP contribution is -2.24. The summed E-state index contributed by atoms with van der Waals surface area (Å²) < 4.78 is 67.7. The molecule has 1 aromatic carbocycles. The molecule has 0 spiro atoms. The van der Waals surface area contributed by atoms with Crippen molar-refractivity contribution in [1.82, 2.24) is 0 Å². The molecule has 3 nitrogen and oxygen atoms in total. The molecule has 20 heavy (non-hydrogen) atoms. The maximum Gasteiger partial charge on any atom is 0.261 e. The Morgan fingerprint density at radius 1 is 1.00 bits per heavy atom. The summed E-state index contributed by atoms with van der Waals surface area (Å²) in [5, 5.41) is 0. The SMILES string of the molecule is CCOC(OCC)O[SiH2]Cc1cc(F)c(F)c(F)c1F. The van der Waals surface area contributed by atoms with Crippen LogP contribution in [0.15, 0.2) is 6.07 Å². The van der Waals surface area contributed by atoms with Crippen molar-refractivity contribution in [1.29, 1.82) is 0 Å². The van der Waals surface area contributed by atoms with Crippen LogP contribution in [0, 0.1) is 23.3 Å². The van der Waals surface area contributed by atoms with Gasteiger partial charge in [-0.3, -0.25) is 0 Å². The molecule has 0 aliphatic heterocycles.